The van der Waals surface area contributed by atoms with Gasteiger partial charge in [-0.05, 0) is 35.1 Å². The summed E-state index contributed by atoms with van der Waals surface area (Å²) >= 11 is 3.20. The maximum Gasteiger partial charge on any atom is 0.336 e. The molecule has 0 spiro atoms. The third kappa shape index (κ3) is 3.20. The molecule has 0 amide bonds. The molecule has 1 aromatic carbocycles. The zero-order valence-electron chi connectivity index (χ0n) is 14.4. The smallest absolute Gasteiger partial charge is 0.336 e. The van der Waals surface area contributed by atoms with Gasteiger partial charge in [0.15, 0.2) is 11.0 Å². The molecular weight excluding hydrogens is 366 g/mol. The second-order valence-corrected chi connectivity index (χ2v) is 7.80. The number of benzene rings is 1. The fraction of sp³-hybridized carbons (Fsp3) is 0.211. The summed E-state index contributed by atoms with van der Waals surface area (Å²) in [6, 6.07) is 11.7. The Morgan fingerprint density at radius 3 is 2.88 bits per heavy atom. The highest BCUT2D eigenvalue weighted by Gasteiger charge is 2.13. The highest BCUT2D eigenvalue weighted by atomic mass is 32.2. The van der Waals surface area contributed by atoms with E-state index in [0.717, 1.165) is 38.8 Å². The fourth-order valence-corrected chi connectivity index (χ4v) is 4.46. The minimum atomic E-state index is -0.321. The summed E-state index contributed by atoms with van der Waals surface area (Å²) in [4.78, 5) is 13.0. The largest absolute Gasteiger partial charge is 0.423 e. The van der Waals surface area contributed by atoms with E-state index in [1.165, 1.54) is 0 Å². The summed E-state index contributed by atoms with van der Waals surface area (Å²) in [5.41, 5.74) is 2.42. The van der Waals surface area contributed by atoms with Crippen LogP contribution in [0, 0.1) is 0 Å². The number of aryl methyl sites for hydroxylation is 1. The van der Waals surface area contributed by atoms with E-state index in [0.29, 0.717) is 11.3 Å². The number of rotatable bonds is 5. The average molecular weight is 383 g/mol. The van der Waals surface area contributed by atoms with Gasteiger partial charge in [-0.15, -0.1) is 21.5 Å². The summed E-state index contributed by atoms with van der Waals surface area (Å²) < 4.78 is 7.36. The number of aromatic nitrogens is 3. The Balaban J connectivity index is 1.63. The molecule has 0 unspecified atom stereocenters. The molecule has 4 aromatic rings. The lowest BCUT2D eigenvalue weighted by Crippen LogP contribution is -2.01. The highest BCUT2D eigenvalue weighted by molar-refractivity contribution is 7.98. The van der Waals surface area contributed by atoms with E-state index >= 15 is 0 Å². The first kappa shape index (κ1) is 17.1. The van der Waals surface area contributed by atoms with E-state index in [-0.39, 0.29) is 5.63 Å². The van der Waals surface area contributed by atoms with Gasteiger partial charge in [0.1, 0.15) is 5.58 Å². The summed E-state index contributed by atoms with van der Waals surface area (Å²) in [6.07, 6.45) is 0.906. The van der Waals surface area contributed by atoms with Crippen LogP contribution in [-0.2, 0) is 19.2 Å². The lowest BCUT2D eigenvalue weighted by Gasteiger charge is -2.07. The minimum absolute atomic E-state index is 0.321. The summed E-state index contributed by atoms with van der Waals surface area (Å²) in [5, 5.41) is 12.4. The summed E-state index contributed by atoms with van der Waals surface area (Å²) in [5.74, 6) is 1.48. The maximum atomic E-state index is 11.9. The van der Waals surface area contributed by atoms with Crippen molar-refractivity contribution in [2.45, 2.75) is 24.3 Å². The van der Waals surface area contributed by atoms with Crippen LogP contribution in [0.25, 0.3) is 21.7 Å². The molecule has 4 rings (SSSR count). The molecule has 0 bridgehead atoms. The molecule has 3 aromatic heterocycles. The Hall–Kier alpha value is -2.38. The molecule has 0 aliphatic heterocycles. The second-order valence-electron chi connectivity index (χ2n) is 5.91. The van der Waals surface area contributed by atoms with Crippen LogP contribution in [-0.4, -0.2) is 14.8 Å². The zero-order chi connectivity index (χ0) is 18.1. The van der Waals surface area contributed by atoms with Gasteiger partial charge in [0, 0.05) is 24.3 Å². The Labute approximate surface area is 158 Å². The van der Waals surface area contributed by atoms with Crippen molar-refractivity contribution in [3.63, 3.8) is 0 Å². The molecule has 26 heavy (non-hydrogen) atoms. The third-order valence-electron chi connectivity index (χ3n) is 4.24. The van der Waals surface area contributed by atoms with Gasteiger partial charge in [-0.1, -0.05) is 36.9 Å². The zero-order valence-corrected chi connectivity index (χ0v) is 16.1. The molecular formula is C19H17N3O2S2. The second kappa shape index (κ2) is 7.09. The Morgan fingerprint density at radius 1 is 1.23 bits per heavy atom. The molecule has 0 atom stereocenters. The van der Waals surface area contributed by atoms with Crippen molar-refractivity contribution < 1.29 is 4.42 Å². The molecule has 0 saturated heterocycles. The summed E-state index contributed by atoms with van der Waals surface area (Å²) in [6.45, 7) is 2.08. The average Bonchev–Trinajstić information content (AvgIpc) is 3.28. The van der Waals surface area contributed by atoms with Crippen LogP contribution in [0.2, 0.25) is 0 Å². The normalized spacial score (nSPS) is 11.3. The van der Waals surface area contributed by atoms with E-state index in [9.17, 15) is 4.79 Å². The van der Waals surface area contributed by atoms with E-state index in [4.69, 9.17) is 4.42 Å². The molecule has 5 nitrogen and oxygen atoms in total. The number of fused-ring (bicyclic) bond motifs is 1. The first-order valence-corrected chi connectivity index (χ1v) is 10.1. The van der Waals surface area contributed by atoms with Crippen LogP contribution in [0.1, 0.15) is 18.1 Å². The van der Waals surface area contributed by atoms with Gasteiger partial charge in [-0.2, -0.15) is 0 Å². The van der Waals surface area contributed by atoms with Crippen LogP contribution in [0.4, 0.5) is 0 Å². The van der Waals surface area contributed by atoms with Crippen molar-refractivity contribution >= 4 is 34.1 Å². The predicted molar refractivity (Wildman–Crippen MR) is 106 cm³/mol. The van der Waals surface area contributed by atoms with Crippen LogP contribution in [0.3, 0.4) is 0 Å². The molecule has 0 aliphatic rings. The first-order chi connectivity index (χ1) is 12.7. The SMILES string of the molecule is CCc1ccc2c(CSc3nnc(-c4cccs4)n3C)cc(=O)oc2c1. The Morgan fingerprint density at radius 2 is 2.12 bits per heavy atom. The molecule has 0 aliphatic carbocycles. The molecule has 0 saturated carbocycles. The molecule has 0 N–H and O–H groups in total. The van der Waals surface area contributed by atoms with Gasteiger partial charge in [-0.3, -0.25) is 0 Å². The monoisotopic (exact) mass is 383 g/mol. The van der Waals surface area contributed by atoms with Crippen molar-refractivity contribution in [3.05, 3.63) is 63.3 Å². The van der Waals surface area contributed by atoms with Crippen molar-refractivity contribution in [1.29, 1.82) is 0 Å². The number of thiophene rings is 1. The first-order valence-electron chi connectivity index (χ1n) is 8.27. The van der Waals surface area contributed by atoms with Gasteiger partial charge in [0.2, 0.25) is 0 Å². The maximum absolute atomic E-state index is 11.9. The molecule has 7 heteroatoms. The topological polar surface area (TPSA) is 60.9 Å². The Bertz CT molecular complexity index is 1110. The van der Waals surface area contributed by atoms with Crippen molar-refractivity contribution in [1.82, 2.24) is 14.8 Å². The third-order valence-corrected chi connectivity index (χ3v) is 6.17. The van der Waals surface area contributed by atoms with E-state index in [1.807, 2.05) is 41.3 Å². The van der Waals surface area contributed by atoms with Crippen LogP contribution >= 0.6 is 23.1 Å². The van der Waals surface area contributed by atoms with Crippen molar-refractivity contribution in [3.8, 4) is 10.7 Å². The number of thioether (sulfide) groups is 1. The molecule has 0 fully saturated rings. The standard InChI is InChI=1S/C19H17N3O2S2/c1-3-12-6-7-14-13(10-17(23)24-15(14)9-12)11-26-19-21-20-18(22(19)2)16-5-4-8-25-16/h4-10H,3,11H2,1-2H3. The molecule has 132 valence electrons. The number of hydrogen-bond donors (Lipinski definition) is 0. The number of nitrogens with zero attached hydrogens (tertiary/aromatic N) is 3. The summed E-state index contributed by atoms with van der Waals surface area (Å²) in [7, 11) is 1.96. The van der Waals surface area contributed by atoms with Crippen molar-refractivity contribution in [2.24, 2.45) is 7.05 Å². The van der Waals surface area contributed by atoms with E-state index in [2.05, 4.69) is 23.2 Å². The van der Waals surface area contributed by atoms with E-state index < -0.39 is 0 Å². The van der Waals surface area contributed by atoms with Gasteiger partial charge in [-0.25, -0.2) is 4.79 Å². The van der Waals surface area contributed by atoms with Gasteiger partial charge in [0.25, 0.3) is 0 Å². The van der Waals surface area contributed by atoms with Crippen LogP contribution in [0.15, 0.2) is 56.1 Å². The highest BCUT2D eigenvalue weighted by Crippen LogP contribution is 2.29. The quantitative estimate of drug-likeness (QED) is 0.375. The fourth-order valence-electron chi connectivity index (χ4n) is 2.82. The number of hydrogen-bond acceptors (Lipinski definition) is 6. The molecule has 0 radical (unpaired) electrons. The molecule has 3 heterocycles. The van der Waals surface area contributed by atoms with Gasteiger partial charge >= 0.3 is 5.63 Å². The lowest BCUT2D eigenvalue weighted by atomic mass is 10.1. The lowest BCUT2D eigenvalue weighted by molar-refractivity contribution is 0.559. The Kier molecular flexibility index (Phi) is 4.65. The van der Waals surface area contributed by atoms with Crippen molar-refractivity contribution in [2.75, 3.05) is 0 Å². The van der Waals surface area contributed by atoms with E-state index in [1.54, 1.807) is 29.2 Å². The van der Waals surface area contributed by atoms with Gasteiger partial charge < -0.3 is 8.98 Å². The van der Waals surface area contributed by atoms with Crippen LogP contribution < -0.4 is 5.63 Å². The van der Waals surface area contributed by atoms with Gasteiger partial charge in [0.05, 0.1) is 4.88 Å². The van der Waals surface area contributed by atoms with Crippen LogP contribution in [0.5, 0.6) is 0 Å². The minimum Gasteiger partial charge on any atom is -0.423 e. The predicted octanol–water partition coefficient (Wildman–Crippen LogP) is 4.50.